The summed E-state index contributed by atoms with van der Waals surface area (Å²) in [6, 6.07) is 7.88. The first-order valence-corrected chi connectivity index (χ1v) is 10.1. The lowest BCUT2D eigenvalue weighted by atomic mass is 10.1. The van der Waals surface area contributed by atoms with E-state index in [0.717, 1.165) is 50.7 Å². The van der Waals surface area contributed by atoms with Crippen LogP contribution in [0.2, 0.25) is 0 Å². The molecule has 140 valence electrons. The van der Waals surface area contributed by atoms with Crippen LogP contribution in [0.25, 0.3) is 22.3 Å². The Labute approximate surface area is 163 Å². The van der Waals surface area contributed by atoms with Crippen molar-refractivity contribution in [1.29, 1.82) is 0 Å². The molecule has 0 atom stereocenters. The number of thioether (sulfide) groups is 1. The molecule has 6 heteroatoms. The number of aromatic nitrogens is 3. The summed E-state index contributed by atoms with van der Waals surface area (Å²) in [4.78, 5) is 24.8. The van der Waals surface area contributed by atoms with Gasteiger partial charge in [-0.1, -0.05) is 17.7 Å². The zero-order valence-electron chi connectivity index (χ0n) is 16.1. The minimum absolute atomic E-state index is 0.0132. The predicted molar refractivity (Wildman–Crippen MR) is 112 cm³/mol. The lowest BCUT2D eigenvalue weighted by Crippen LogP contribution is -2.31. The summed E-state index contributed by atoms with van der Waals surface area (Å²) in [5, 5.41) is 3.81. The topological polar surface area (TPSA) is 70.7 Å². The van der Waals surface area contributed by atoms with Gasteiger partial charge in [0.25, 0.3) is 5.91 Å². The van der Waals surface area contributed by atoms with Gasteiger partial charge in [0.2, 0.25) is 0 Å². The van der Waals surface area contributed by atoms with E-state index in [2.05, 4.69) is 21.9 Å². The van der Waals surface area contributed by atoms with Crippen molar-refractivity contribution in [2.24, 2.45) is 0 Å². The molecule has 2 N–H and O–H groups in total. The summed E-state index contributed by atoms with van der Waals surface area (Å²) in [5.41, 5.74) is 7.46. The van der Waals surface area contributed by atoms with E-state index in [1.807, 2.05) is 51.3 Å². The van der Waals surface area contributed by atoms with Gasteiger partial charge < -0.3 is 10.3 Å². The fourth-order valence-electron chi connectivity index (χ4n) is 3.00. The van der Waals surface area contributed by atoms with Crippen molar-refractivity contribution in [1.82, 2.24) is 20.3 Å². The molecule has 5 nitrogen and oxygen atoms in total. The van der Waals surface area contributed by atoms with Gasteiger partial charge in [-0.25, -0.2) is 9.97 Å². The van der Waals surface area contributed by atoms with E-state index < -0.39 is 0 Å². The van der Waals surface area contributed by atoms with Crippen LogP contribution in [0, 0.1) is 6.92 Å². The van der Waals surface area contributed by atoms with Crippen LogP contribution in [-0.2, 0) is 6.42 Å². The summed E-state index contributed by atoms with van der Waals surface area (Å²) >= 11 is 1.59. The summed E-state index contributed by atoms with van der Waals surface area (Å²) in [6.07, 6.45) is 2.83. The maximum atomic E-state index is 12.0. The Kier molecular flexibility index (Phi) is 5.65. The minimum atomic E-state index is -0.0132. The van der Waals surface area contributed by atoms with Crippen LogP contribution in [0.15, 0.2) is 41.4 Å². The van der Waals surface area contributed by atoms with Crippen LogP contribution in [0.1, 0.15) is 35.6 Å². The van der Waals surface area contributed by atoms with Gasteiger partial charge in [0.05, 0.1) is 22.3 Å². The van der Waals surface area contributed by atoms with Crippen molar-refractivity contribution < 1.29 is 4.79 Å². The minimum Gasteiger partial charge on any atom is -0.358 e. The molecule has 1 aliphatic heterocycles. The Hall–Kier alpha value is -2.60. The number of fused-ring (bicyclic) bond motifs is 2. The molecule has 0 spiro atoms. The van der Waals surface area contributed by atoms with Gasteiger partial charge >= 0.3 is 0 Å². The van der Waals surface area contributed by atoms with E-state index in [0.29, 0.717) is 6.54 Å². The second kappa shape index (κ2) is 7.96. The number of carbonyl (C=O) groups is 1. The van der Waals surface area contributed by atoms with E-state index in [4.69, 9.17) is 4.98 Å². The van der Waals surface area contributed by atoms with Gasteiger partial charge in [-0.15, -0.1) is 18.3 Å². The first-order valence-electron chi connectivity index (χ1n) is 8.84. The Balaban J connectivity index is 0.000000481. The van der Waals surface area contributed by atoms with Crippen molar-refractivity contribution in [2.75, 3.05) is 12.8 Å². The van der Waals surface area contributed by atoms with E-state index in [1.165, 1.54) is 5.57 Å². The lowest BCUT2D eigenvalue weighted by Gasteiger charge is -2.11. The highest BCUT2D eigenvalue weighted by Crippen LogP contribution is 2.30. The molecule has 0 saturated heterocycles. The first kappa shape index (κ1) is 19.2. The van der Waals surface area contributed by atoms with Crippen LogP contribution in [0.5, 0.6) is 0 Å². The van der Waals surface area contributed by atoms with Crippen molar-refractivity contribution in [3.8, 4) is 11.3 Å². The number of rotatable bonds is 2. The second-order valence-electron chi connectivity index (χ2n) is 6.78. The monoisotopic (exact) mass is 380 g/mol. The summed E-state index contributed by atoms with van der Waals surface area (Å²) in [5.74, 6) is -0.0132. The number of allylic oxidation sites excluding steroid dienone is 1. The van der Waals surface area contributed by atoms with Crippen LogP contribution in [0.3, 0.4) is 0 Å². The van der Waals surface area contributed by atoms with Gasteiger partial charge in [-0.05, 0) is 39.2 Å². The van der Waals surface area contributed by atoms with Gasteiger partial charge in [0, 0.05) is 29.9 Å². The maximum absolute atomic E-state index is 12.0. The predicted octanol–water partition coefficient (Wildman–Crippen LogP) is 4.52. The first-order chi connectivity index (χ1) is 12.9. The quantitative estimate of drug-likeness (QED) is 0.506. The molecular formula is C21H24N4OS. The van der Waals surface area contributed by atoms with Gasteiger partial charge in [0.15, 0.2) is 0 Å². The Bertz CT molecular complexity index is 1020. The lowest BCUT2D eigenvalue weighted by molar-refractivity contribution is 0.0946. The third-order valence-electron chi connectivity index (χ3n) is 4.11. The molecule has 0 aliphatic carbocycles. The Morgan fingerprint density at radius 1 is 1.22 bits per heavy atom. The highest BCUT2D eigenvalue weighted by molar-refractivity contribution is 7.98. The van der Waals surface area contributed by atoms with Crippen molar-refractivity contribution in [3.05, 3.63) is 53.4 Å². The fraction of sp³-hybridized carbons (Fsp3) is 0.286. The number of carbonyl (C=O) groups excluding carboxylic acids is 1. The van der Waals surface area contributed by atoms with Crippen LogP contribution < -0.4 is 5.32 Å². The van der Waals surface area contributed by atoms with Gasteiger partial charge in [-0.2, -0.15) is 0 Å². The maximum Gasteiger partial charge on any atom is 0.253 e. The molecule has 0 fully saturated rings. The molecule has 3 aromatic rings. The van der Waals surface area contributed by atoms with Crippen molar-refractivity contribution >= 4 is 28.7 Å². The zero-order valence-corrected chi connectivity index (χ0v) is 17.0. The molecule has 1 aromatic carbocycles. The molecule has 0 bridgehead atoms. The standard InChI is InChI=1S/C17H16N4OS.C4H8/c1-9-17(23-2)21-15-10(4-3-5-13(15)19-9)14-8-11-12(20-14)6-7-18-16(11)22;1-4(2)3/h3-5,8,20H,6-7H2,1-2H3,(H,18,22);1H2,2-3H3. The Morgan fingerprint density at radius 3 is 2.63 bits per heavy atom. The van der Waals surface area contributed by atoms with Gasteiger partial charge in [0.1, 0.15) is 5.03 Å². The number of hydrogen-bond acceptors (Lipinski definition) is 4. The third-order valence-corrected chi connectivity index (χ3v) is 4.89. The number of benzene rings is 1. The zero-order chi connectivity index (χ0) is 19.6. The average Bonchev–Trinajstić information content (AvgIpc) is 3.05. The largest absolute Gasteiger partial charge is 0.358 e. The molecule has 0 saturated carbocycles. The number of H-pyrrole nitrogens is 1. The van der Waals surface area contributed by atoms with Crippen LogP contribution >= 0.6 is 11.8 Å². The Morgan fingerprint density at radius 2 is 1.96 bits per heavy atom. The van der Waals surface area contributed by atoms with E-state index in [9.17, 15) is 4.79 Å². The summed E-state index contributed by atoms with van der Waals surface area (Å²) in [7, 11) is 0. The molecular weight excluding hydrogens is 356 g/mol. The highest BCUT2D eigenvalue weighted by atomic mass is 32.2. The normalized spacial score (nSPS) is 12.8. The molecule has 0 unspecified atom stereocenters. The third kappa shape index (κ3) is 4.06. The average molecular weight is 381 g/mol. The molecule has 0 radical (unpaired) electrons. The molecule has 2 aromatic heterocycles. The SMILES string of the molecule is C=C(C)C.CSc1nc2c(-c3cc4c([nH]3)CCNC4=O)cccc2nc1C. The summed E-state index contributed by atoms with van der Waals surface area (Å²) in [6.45, 7) is 10.2. The fourth-order valence-corrected chi connectivity index (χ4v) is 3.52. The molecule has 3 heterocycles. The van der Waals surface area contributed by atoms with Gasteiger partial charge in [-0.3, -0.25) is 4.79 Å². The highest BCUT2D eigenvalue weighted by Gasteiger charge is 2.21. The van der Waals surface area contributed by atoms with Crippen LogP contribution in [0.4, 0.5) is 0 Å². The number of nitrogens with one attached hydrogen (secondary N) is 2. The smallest absolute Gasteiger partial charge is 0.253 e. The number of aryl methyl sites for hydroxylation is 1. The number of aromatic amines is 1. The number of para-hydroxylation sites is 1. The van der Waals surface area contributed by atoms with Crippen molar-refractivity contribution in [3.63, 3.8) is 0 Å². The van der Waals surface area contributed by atoms with Crippen molar-refractivity contribution in [2.45, 2.75) is 32.2 Å². The van der Waals surface area contributed by atoms with E-state index >= 15 is 0 Å². The number of amides is 1. The molecule has 4 rings (SSSR count). The van der Waals surface area contributed by atoms with Crippen LogP contribution in [-0.4, -0.2) is 33.7 Å². The summed E-state index contributed by atoms with van der Waals surface area (Å²) < 4.78 is 0. The molecule has 1 aliphatic rings. The second-order valence-corrected chi connectivity index (χ2v) is 7.57. The number of nitrogens with zero attached hydrogens (tertiary/aromatic N) is 2. The van der Waals surface area contributed by atoms with E-state index in [1.54, 1.807) is 11.8 Å². The number of hydrogen-bond donors (Lipinski definition) is 2. The molecule has 27 heavy (non-hydrogen) atoms. The van der Waals surface area contributed by atoms with E-state index in [-0.39, 0.29) is 5.91 Å². The molecule has 1 amide bonds.